The van der Waals surface area contributed by atoms with E-state index in [2.05, 4.69) is 4.99 Å². The molecule has 0 unspecified atom stereocenters. The second kappa shape index (κ2) is 6.80. The summed E-state index contributed by atoms with van der Waals surface area (Å²) in [5.41, 5.74) is 1.71. The molecular formula is C22H15NO4. The molecule has 4 rings (SSSR count). The van der Waals surface area contributed by atoms with E-state index in [0.29, 0.717) is 27.8 Å². The molecule has 0 aliphatic carbocycles. The molecule has 3 aromatic carbocycles. The smallest absolute Gasteiger partial charge is 0.337 e. The zero-order valence-corrected chi connectivity index (χ0v) is 14.2. The number of carboxylic acids is 1. The van der Waals surface area contributed by atoms with Crippen LogP contribution in [0.2, 0.25) is 0 Å². The lowest BCUT2D eigenvalue weighted by Gasteiger charge is -2.07. The Kier molecular flexibility index (Phi) is 4.18. The summed E-state index contributed by atoms with van der Waals surface area (Å²) in [7, 11) is 0. The van der Waals surface area contributed by atoms with E-state index in [4.69, 9.17) is 4.42 Å². The van der Waals surface area contributed by atoms with Gasteiger partial charge in [-0.2, -0.15) is 0 Å². The molecular weight excluding hydrogens is 342 g/mol. The van der Waals surface area contributed by atoms with Crippen molar-refractivity contribution in [3.05, 3.63) is 89.8 Å². The van der Waals surface area contributed by atoms with Gasteiger partial charge in [-0.1, -0.05) is 48.5 Å². The summed E-state index contributed by atoms with van der Waals surface area (Å²) >= 11 is 0. The summed E-state index contributed by atoms with van der Waals surface area (Å²) in [5.74, 6) is -0.477. The first-order valence-electron chi connectivity index (χ1n) is 8.32. The zero-order valence-electron chi connectivity index (χ0n) is 14.2. The third-order valence-electron chi connectivity index (χ3n) is 4.18. The number of phenolic OH excluding ortho intramolecular Hbond substituents is 1. The molecule has 5 nitrogen and oxygen atoms in total. The number of phenols is 1. The Balaban J connectivity index is 2.06. The Hall–Kier alpha value is -3.86. The first-order valence-corrected chi connectivity index (χ1v) is 8.32. The number of benzene rings is 3. The predicted molar refractivity (Wildman–Crippen MR) is 102 cm³/mol. The lowest BCUT2D eigenvalue weighted by Crippen LogP contribution is -2.05. The Morgan fingerprint density at radius 3 is 2.41 bits per heavy atom. The fraction of sp³-hybridized carbons (Fsp3) is 0. The van der Waals surface area contributed by atoms with E-state index in [1.54, 1.807) is 42.5 Å². The molecule has 0 radical (unpaired) electrons. The lowest BCUT2D eigenvalue weighted by molar-refractivity contribution is 0.0698. The van der Waals surface area contributed by atoms with E-state index in [0.717, 1.165) is 5.56 Å². The van der Waals surface area contributed by atoms with E-state index in [1.807, 2.05) is 30.3 Å². The number of carboxylic acid groups (broad SMARTS) is 1. The van der Waals surface area contributed by atoms with Crippen molar-refractivity contribution in [3.63, 3.8) is 0 Å². The van der Waals surface area contributed by atoms with Crippen LogP contribution in [0, 0.1) is 0 Å². The number of hydrogen-bond acceptors (Lipinski definition) is 4. The summed E-state index contributed by atoms with van der Waals surface area (Å²) in [6, 6.07) is 22.7. The molecule has 27 heavy (non-hydrogen) atoms. The van der Waals surface area contributed by atoms with Gasteiger partial charge in [0.15, 0.2) is 0 Å². The topological polar surface area (TPSA) is 83.0 Å². The fourth-order valence-corrected chi connectivity index (χ4v) is 2.92. The van der Waals surface area contributed by atoms with Crippen molar-refractivity contribution in [2.75, 3.05) is 0 Å². The molecule has 5 heteroatoms. The maximum absolute atomic E-state index is 11.5. The highest BCUT2D eigenvalue weighted by Gasteiger charge is 2.12. The molecule has 0 fully saturated rings. The second-order valence-corrected chi connectivity index (χ2v) is 5.95. The minimum absolute atomic E-state index is 0.0161. The minimum Gasteiger partial charge on any atom is -0.507 e. The van der Waals surface area contributed by atoms with Crippen LogP contribution in [0.1, 0.15) is 10.4 Å². The van der Waals surface area contributed by atoms with E-state index in [-0.39, 0.29) is 11.3 Å². The molecule has 1 aromatic heterocycles. The van der Waals surface area contributed by atoms with Crippen LogP contribution in [0.15, 0.2) is 88.3 Å². The Bertz CT molecular complexity index is 1210. The molecule has 132 valence electrons. The van der Waals surface area contributed by atoms with Crippen molar-refractivity contribution in [2.24, 2.45) is 4.99 Å². The van der Waals surface area contributed by atoms with Crippen molar-refractivity contribution < 1.29 is 19.4 Å². The highest BCUT2D eigenvalue weighted by atomic mass is 16.4. The molecule has 0 saturated carbocycles. The second-order valence-electron chi connectivity index (χ2n) is 5.95. The summed E-state index contributed by atoms with van der Waals surface area (Å²) in [6.07, 6.45) is 0. The number of fused-ring (bicyclic) bond motifs is 1. The average Bonchev–Trinajstić information content (AvgIpc) is 2.69. The van der Waals surface area contributed by atoms with E-state index >= 15 is 0 Å². The van der Waals surface area contributed by atoms with Crippen molar-refractivity contribution in [1.29, 1.82) is 0 Å². The number of rotatable bonds is 3. The van der Waals surface area contributed by atoms with Gasteiger partial charge in [0, 0.05) is 11.6 Å². The van der Waals surface area contributed by atoms with Crippen LogP contribution in [0.5, 0.6) is 5.75 Å². The van der Waals surface area contributed by atoms with Gasteiger partial charge in [-0.15, -0.1) is 0 Å². The molecule has 0 aliphatic rings. The van der Waals surface area contributed by atoms with Crippen LogP contribution in [0.25, 0.3) is 22.3 Å². The molecule has 0 bridgehead atoms. The van der Waals surface area contributed by atoms with Gasteiger partial charge in [0.2, 0.25) is 0 Å². The van der Waals surface area contributed by atoms with Crippen LogP contribution in [-0.4, -0.2) is 16.2 Å². The van der Waals surface area contributed by atoms with Crippen molar-refractivity contribution in [1.82, 2.24) is 0 Å². The molecule has 2 N–H and O–H groups in total. The maximum atomic E-state index is 11.5. The number of para-hydroxylation sites is 1. The third kappa shape index (κ3) is 3.18. The van der Waals surface area contributed by atoms with Crippen LogP contribution < -0.4 is 5.36 Å². The van der Waals surface area contributed by atoms with E-state index in [9.17, 15) is 15.0 Å². The predicted octanol–water partition coefficient (Wildman–Crippen LogP) is 4.74. The number of aromatic carboxylic acids is 1. The van der Waals surface area contributed by atoms with E-state index in [1.165, 1.54) is 6.07 Å². The molecule has 4 aromatic rings. The van der Waals surface area contributed by atoms with Gasteiger partial charge in [0.1, 0.15) is 17.1 Å². The van der Waals surface area contributed by atoms with Crippen molar-refractivity contribution in [2.45, 2.75) is 0 Å². The summed E-state index contributed by atoms with van der Waals surface area (Å²) in [4.78, 5) is 16.0. The highest BCUT2D eigenvalue weighted by Crippen LogP contribution is 2.27. The van der Waals surface area contributed by atoms with Gasteiger partial charge in [-0.25, -0.2) is 9.79 Å². The minimum atomic E-state index is -1.06. The molecule has 0 amide bonds. The highest BCUT2D eigenvalue weighted by molar-refractivity contribution is 5.93. The molecule has 0 aliphatic heterocycles. The quantitative estimate of drug-likeness (QED) is 0.555. The molecule has 0 saturated heterocycles. The van der Waals surface area contributed by atoms with Gasteiger partial charge in [0.05, 0.1) is 22.0 Å². The summed E-state index contributed by atoms with van der Waals surface area (Å²) in [6.45, 7) is 0. The molecule has 1 heterocycles. The largest absolute Gasteiger partial charge is 0.507 e. The standard InChI is InChI=1S/C22H15NO4/c24-18-11-6-12-19-21(18)17(13-20(27-19)14-7-2-1-3-8-14)23-16-10-5-4-9-15(16)22(25)26/h1-13,24H,(H,25,26). The monoisotopic (exact) mass is 357 g/mol. The maximum Gasteiger partial charge on any atom is 0.337 e. The fourth-order valence-electron chi connectivity index (χ4n) is 2.92. The third-order valence-corrected chi connectivity index (χ3v) is 4.18. The average molecular weight is 357 g/mol. The summed E-state index contributed by atoms with van der Waals surface area (Å²) < 4.78 is 5.95. The Morgan fingerprint density at radius 2 is 1.63 bits per heavy atom. The van der Waals surface area contributed by atoms with Gasteiger partial charge in [-0.05, 0) is 24.3 Å². The number of hydrogen-bond donors (Lipinski definition) is 2. The van der Waals surface area contributed by atoms with Crippen LogP contribution in [-0.2, 0) is 0 Å². The number of carbonyl (C=O) groups is 1. The molecule has 0 atom stereocenters. The van der Waals surface area contributed by atoms with Crippen molar-refractivity contribution >= 4 is 22.6 Å². The Labute approximate surface area is 154 Å². The Morgan fingerprint density at radius 1 is 0.889 bits per heavy atom. The van der Waals surface area contributed by atoms with Gasteiger partial charge in [-0.3, -0.25) is 0 Å². The van der Waals surface area contributed by atoms with Crippen LogP contribution >= 0.6 is 0 Å². The first kappa shape index (κ1) is 16.6. The first-order chi connectivity index (χ1) is 13.1. The lowest BCUT2D eigenvalue weighted by atomic mass is 10.1. The van der Waals surface area contributed by atoms with Crippen molar-refractivity contribution in [3.8, 4) is 17.1 Å². The summed E-state index contributed by atoms with van der Waals surface area (Å²) in [5, 5.41) is 20.6. The van der Waals surface area contributed by atoms with Crippen LogP contribution in [0.3, 0.4) is 0 Å². The molecule has 0 spiro atoms. The van der Waals surface area contributed by atoms with E-state index < -0.39 is 5.97 Å². The SMILES string of the molecule is O=C(O)c1ccccc1N=c1cc(-c2ccccc2)oc2cccc(O)c12. The van der Waals surface area contributed by atoms with Gasteiger partial charge < -0.3 is 14.6 Å². The zero-order chi connectivity index (χ0) is 18.8. The van der Waals surface area contributed by atoms with Gasteiger partial charge >= 0.3 is 5.97 Å². The van der Waals surface area contributed by atoms with Crippen LogP contribution in [0.4, 0.5) is 5.69 Å². The van der Waals surface area contributed by atoms with Gasteiger partial charge in [0.25, 0.3) is 0 Å². The normalized spacial score (nSPS) is 11.6. The number of aromatic hydroxyl groups is 1. The number of nitrogens with zero attached hydrogens (tertiary/aromatic N) is 1.